The molecule has 0 aromatic carbocycles. The van der Waals surface area contributed by atoms with Gasteiger partial charge >= 0.3 is 17.9 Å². The Bertz CT molecular complexity index is 798. The molecule has 1 unspecified atom stereocenters. The number of epoxide rings is 1. The Morgan fingerprint density at radius 1 is 1.32 bits per heavy atom. The Labute approximate surface area is 183 Å². The van der Waals surface area contributed by atoms with Crippen LogP contribution in [0.5, 0.6) is 0 Å². The average molecular weight is 435 g/mol. The zero-order valence-electron chi connectivity index (χ0n) is 19.0. The number of hydrogen-bond acceptors (Lipinski definition) is 7. The van der Waals surface area contributed by atoms with Crippen molar-refractivity contribution < 1.29 is 33.3 Å². The van der Waals surface area contributed by atoms with Crippen molar-refractivity contribution in [3.8, 4) is 0 Å². The van der Waals surface area contributed by atoms with E-state index in [4.69, 9.17) is 18.9 Å². The van der Waals surface area contributed by atoms with E-state index >= 15 is 0 Å². The van der Waals surface area contributed by atoms with Gasteiger partial charge in [0.05, 0.1) is 25.6 Å². The molecule has 1 spiro atoms. The molecule has 31 heavy (non-hydrogen) atoms. The van der Waals surface area contributed by atoms with Gasteiger partial charge in [0.15, 0.2) is 0 Å². The lowest BCUT2D eigenvalue weighted by atomic mass is 9.42. The summed E-state index contributed by atoms with van der Waals surface area (Å²) < 4.78 is 22.3. The first kappa shape index (κ1) is 22.3. The fourth-order valence-electron chi connectivity index (χ4n) is 6.95. The summed E-state index contributed by atoms with van der Waals surface area (Å²) in [6, 6.07) is 0. The van der Waals surface area contributed by atoms with Crippen molar-refractivity contribution in [3.63, 3.8) is 0 Å². The Morgan fingerprint density at radius 2 is 2.06 bits per heavy atom. The van der Waals surface area contributed by atoms with Gasteiger partial charge in [-0.25, -0.2) is 4.79 Å². The van der Waals surface area contributed by atoms with E-state index < -0.39 is 11.0 Å². The molecule has 4 rings (SSSR count). The van der Waals surface area contributed by atoms with Gasteiger partial charge in [-0.2, -0.15) is 0 Å². The van der Waals surface area contributed by atoms with E-state index in [1.807, 2.05) is 0 Å². The van der Waals surface area contributed by atoms with E-state index in [9.17, 15) is 14.4 Å². The Morgan fingerprint density at radius 3 is 2.65 bits per heavy atom. The van der Waals surface area contributed by atoms with Crippen molar-refractivity contribution in [1.82, 2.24) is 0 Å². The van der Waals surface area contributed by atoms with Crippen LogP contribution < -0.4 is 0 Å². The second kappa shape index (κ2) is 7.91. The van der Waals surface area contributed by atoms with Crippen LogP contribution >= 0.6 is 0 Å². The minimum Gasteiger partial charge on any atom is -0.469 e. The highest BCUT2D eigenvalue weighted by Gasteiger charge is 2.74. The highest BCUT2D eigenvalue weighted by atomic mass is 16.6. The fraction of sp³-hybridized carbons (Fsp3) is 0.792. The molecule has 6 atom stereocenters. The van der Waals surface area contributed by atoms with Crippen LogP contribution in [0.4, 0.5) is 0 Å². The van der Waals surface area contributed by atoms with E-state index in [1.165, 1.54) is 14.0 Å². The normalized spacial score (nSPS) is 41.2. The molecule has 0 bridgehead atoms. The van der Waals surface area contributed by atoms with Crippen LogP contribution in [-0.4, -0.2) is 49.9 Å². The molecule has 0 amide bonds. The van der Waals surface area contributed by atoms with Gasteiger partial charge in [0.2, 0.25) is 0 Å². The second-order valence-corrected chi connectivity index (χ2v) is 10.2. The predicted octanol–water partition coefficient (Wildman–Crippen LogP) is 3.35. The van der Waals surface area contributed by atoms with Gasteiger partial charge in [-0.3, -0.25) is 9.59 Å². The number of cyclic esters (lactones) is 1. The number of hydrogen-bond donors (Lipinski definition) is 0. The predicted molar refractivity (Wildman–Crippen MR) is 111 cm³/mol. The van der Waals surface area contributed by atoms with Crippen LogP contribution in [0.3, 0.4) is 0 Å². The highest BCUT2D eigenvalue weighted by molar-refractivity contribution is 5.85. The third-order valence-electron chi connectivity index (χ3n) is 8.78. The summed E-state index contributed by atoms with van der Waals surface area (Å²) in [4.78, 5) is 36.3. The summed E-state index contributed by atoms with van der Waals surface area (Å²) in [5, 5.41) is 0. The number of fused-ring (bicyclic) bond motifs is 2. The van der Waals surface area contributed by atoms with Crippen LogP contribution in [0.1, 0.15) is 65.7 Å². The van der Waals surface area contributed by atoms with E-state index in [-0.39, 0.29) is 47.7 Å². The van der Waals surface area contributed by atoms with Gasteiger partial charge in [0.1, 0.15) is 18.3 Å². The van der Waals surface area contributed by atoms with Crippen LogP contribution in [0.15, 0.2) is 11.6 Å². The topological polar surface area (TPSA) is 91.4 Å². The largest absolute Gasteiger partial charge is 0.469 e. The third-order valence-corrected chi connectivity index (χ3v) is 8.78. The molecule has 3 fully saturated rings. The zero-order chi connectivity index (χ0) is 22.4. The van der Waals surface area contributed by atoms with Crippen LogP contribution in [-0.2, 0) is 33.3 Å². The van der Waals surface area contributed by atoms with Crippen LogP contribution in [0.25, 0.3) is 0 Å². The third kappa shape index (κ3) is 3.59. The summed E-state index contributed by atoms with van der Waals surface area (Å²) in [6.07, 6.45) is 6.61. The molecule has 2 aliphatic carbocycles. The smallest absolute Gasteiger partial charge is 0.331 e. The summed E-state index contributed by atoms with van der Waals surface area (Å²) in [5.74, 6) is -0.456. The Hall–Kier alpha value is -1.89. The molecule has 2 saturated carbocycles. The van der Waals surface area contributed by atoms with Gasteiger partial charge in [-0.15, -0.1) is 0 Å². The molecule has 0 aromatic heterocycles. The molecule has 4 aliphatic rings. The monoisotopic (exact) mass is 434 g/mol. The molecule has 0 N–H and O–H groups in total. The molecule has 1 saturated heterocycles. The maximum absolute atomic E-state index is 12.7. The minimum absolute atomic E-state index is 0.101. The first-order valence-electron chi connectivity index (χ1n) is 11.4. The molecular formula is C24H34O7. The number of rotatable bonds is 6. The van der Waals surface area contributed by atoms with Crippen molar-refractivity contribution in [2.75, 3.05) is 20.3 Å². The van der Waals surface area contributed by atoms with E-state index in [0.29, 0.717) is 19.6 Å². The van der Waals surface area contributed by atoms with Gasteiger partial charge in [-0.05, 0) is 54.9 Å². The Kier molecular flexibility index (Phi) is 5.69. The lowest BCUT2D eigenvalue weighted by Crippen LogP contribution is -2.65. The van der Waals surface area contributed by atoms with Gasteiger partial charge in [0.25, 0.3) is 0 Å². The summed E-state index contributed by atoms with van der Waals surface area (Å²) in [6.45, 7) is 6.92. The van der Waals surface area contributed by atoms with Gasteiger partial charge in [0, 0.05) is 13.0 Å². The Balaban J connectivity index is 1.73. The summed E-state index contributed by atoms with van der Waals surface area (Å²) in [5.41, 5.74) is -0.109. The molecule has 2 aliphatic heterocycles. The lowest BCUT2D eigenvalue weighted by Gasteiger charge is -2.63. The number of carbonyl (C=O) groups excluding carboxylic acids is 3. The van der Waals surface area contributed by atoms with Crippen LogP contribution in [0, 0.1) is 22.7 Å². The van der Waals surface area contributed by atoms with Crippen molar-refractivity contribution in [2.24, 2.45) is 22.7 Å². The maximum atomic E-state index is 12.7. The number of carbonyl (C=O) groups is 3. The van der Waals surface area contributed by atoms with E-state index in [2.05, 4.69) is 13.8 Å². The van der Waals surface area contributed by atoms with Crippen molar-refractivity contribution in [2.45, 2.75) is 77.4 Å². The quantitative estimate of drug-likeness (QED) is 0.360. The maximum Gasteiger partial charge on any atom is 0.331 e. The molecule has 2 heterocycles. The number of methoxy groups -OCH3 is 1. The highest BCUT2D eigenvalue weighted by Crippen LogP contribution is 2.70. The first-order chi connectivity index (χ1) is 14.7. The minimum atomic E-state index is -0.596. The molecular weight excluding hydrogens is 400 g/mol. The summed E-state index contributed by atoms with van der Waals surface area (Å²) in [7, 11) is 1.41. The SMILES string of the molecule is COC(=O)C[C@@]12C(OC(C)=O)C[C@@H](C)[C@](C)(CCC3=CC(=O)OC3)[C@H]1CCC[C@]21CO1. The lowest BCUT2D eigenvalue weighted by molar-refractivity contribution is -0.218. The van der Waals surface area contributed by atoms with Crippen molar-refractivity contribution in [1.29, 1.82) is 0 Å². The van der Waals surface area contributed by atoms with E-state index in [0.717, 1.165) is 37.7 Å². The molecule has 7 nitrogen and oxygen atoms in total. The number of esters is 3. The summed E-state index contributed by atoms with van der Waals surface area (Å²) >= 11 is 0. The molecule has 172 valence electrons. The van der Waals surface area contributed by atoms with Gasteiger partial charge in [-0.1, -0.05) is 20.3 Å². The zero-order valence-corrected chi connectivity index (χ0v) is 19.0. The van der Waals surface area contributed by atoms with Crippen molar-refractivity contribution >= 4 is 17.9 Å². The first-order valence-corrected chi connectivity index (χ1v) is 11.4. The molecule has 7 heteroatoms. The molecule has 0 aromatic rings. The van der Waals surface area contributed by atoms with Crippen LogP contribution in [0.2, 0.25) is 0 Å². The molecule has 0 radical (unpaired) electrons. The average Bonchev–Trinajstić information content (AvgIpc) is 3.38. The number of ether oxygens (including phenoxy) is 4. The second-order valence-electron chi connectivity index (χ2n) is 10.2. The fourth-order valence-corrected chi connectivity index (χ4v) is 6.95. The van der Waals surface area contributed by atoms with Gasteiger partial charge < -0.3 is 18.9 Å². The van der Waals surface area contributed by atoms with E-state index in [1.54, 1.807) is 6.08 Å². The standard InChI is InChI=1S/C24H34O7/c1-15-10-19(31-16(2)25)24(12-21(27)28-4)18(6-5-8-23(24)14-30-23)22(15,3)9-7-17-11-20(26)29-13-17/h11,15,18-19H,5-10,12-14H2,1-4H3/t15-,18-,19?,22+,23+,24+/m1/s1. The van der Waals surface area contributed by atoms with Crippen molar-refractivity contribution in [3.05, 3.63) is 11.6 Å².